The summed E-state index contributed by atoms with van der Waals surface area (Å²) < 4.78 is 0. The molecule has 0 aliphatic carbocycles. The van der Waals surface area contributed by atoms with Gasteiger partial charge in [-0.25, -0.2) is 0 Å². The third-order valence-corrected chi connectivity index (χ3v) is 11.1. The topological polar surface area (TPSA) is 6.48 Å². The molecule has 9 aromatic rings. The second-order valence-electron chi connectivity index (χ2n) is 15.1. The van der Waals surface area contributed by atoms with Gasteiger partial charge >= 0.3 is 0 Å². The first-order valence-electron chi connectivity index (χ1n) is 20.4. The third-order valence-electron chi connectivity index (χ3n) is 11.1. The Labute approximate surface area is 348 Å². The van der Waals surface area contributed by atoms with E-state index in [1.54, 1.807) is 0 Å². The predicted molar refractivity (Wildman–Crippen MR) is 255 cm³/mol. The second kappa shape index (κ2) is 16.6. The molecule has 0 fully saturated rings. The number of anilines is 6. The van der Waals surface area contributed by atoms with Crippen molar-refractivity contribution in [2.75, 3.05) is 9.80 Å². The molecule has 2 nitrogen and oxygen atoms in total. The molecule has 284 valence electrons. The lowest BCUT2D eigenvalue weighted by atomic mass is 9.89. The van der Waals surface area contributed by atoms with Crippen molar-refractivity contribution in [3.8, 4) is 22.3 Å². The van der Waals surface area contributed by atoms with Crippen LogP contribution in [0, 0.1) is 13.8 Å². The number of hydrogen-bond donors (Lipinski definition) is 0. The maximum Gasteiger partial charge on any atom is 0.0462 e. The molecule has 2 heteroatoms. The van der Waals surface area contributed by atoms with Crippen LogP contribution in [0.5, 0.6) is 0 Å². The number of benzene rings is 9. The van der Waals surface area contributed by atoms with Gasteiger partial charge in [-0.15, -0.1) is 0 Å². The molecular formula is C57H46N2. The molecule has 9 aromatic carbocycles. The molecule has 0 aromatic heterocycles. The number of rotatable bonds is 10. The monoisotopic (exact) mass is 758 g/mol. The summed E-state index contributed by atoms with van der Waals surface area (Å²) in [4.78, 5) is 4.64. The highest BCUT2D eigenvalue weighted by molar-refractivity contribution is 6.16. The van der Waals surface area contributed by atoms with Crippen molar-refractivity contribution in [3.05, 3.63) is 235 Å². The molecule has 0 bridgehead atoms. The highest BCUT2D eigenvalue weighted by Gasteiger charge is 2.17. The van der Waals surface area contributed by atoms with Crippen molar-refractivity contribution in [1.29, 1.82) is 0 Å². The number of hydrogen-bond acceptors (Lipinski definition) is 2. The smallest absolute Gasteiger partial charge is 0.0462 e. The van der Waals surface area contributed by atoms with Crippen LogP contribution in [0.15, 0.2) is 218 Å². The SMILES string of the molecule is C/C=C\C=C/c1cc(-c2ccc(N(c3ccccc3)c3ccc(C)cc3)cc2)cc2c1cc(-c1ccc(N(c3ccccc3)c3ccc(C)cc3)cc1)c1ccccc12. The zero-order chi connectivity index (χ0) is 40.1. The van der Waals surface area contributed by atoms with Crippen LogP contribution in [0.2, 0.25) is 0 Å². The first kappa shape index (κ1) is 37.2. The summed E-state index contributed by atoms with van der Waals surface area (Å²) in [5, 5.41) is 4.94. The van der Waals surface area contributed by atoms with E-state index in [0.717, 1.165) is 34.1 Å². The van der Waals surface area contributed by atoms with Crippen molar-refractivity contribution in [2.24, 2.45) is 0 Å². The molecule has 0 spiro atoms. The largest absolute Gasteiger partial charge is 0.311 e. The van der Waals surface area contributed by atoms with Crippen molar-refractivity contribution in [3.63, 3.8) is 0 Å². The minimum Gasteiger partial charge on any atom is -0.311 e. The lowest BCUT2D eigenvalue weighted by Crippen LogP contribution is -2.09. The van der Waals surface area contributed by atoms with Gasteiger partial charge in [-0.05, 0) is 161 Å². The Morgan fingerprint density at radius 3 is 1.29 bits per heavy atom. The fourth-order valence-electron chi connectivity index (χ4n) is 8.08. The van der Waals surface area contributed by atoms with E-state index in [9.17, 15) is 0 Å². The van der Waals surface area contributed by atoms with E-state index in [0.29, 0.717) is 0 Å². The minimum absolute atomic E-state index is 1.12. The Morgan fingerprint density at radius 1 is 0.339 bits per heavy atom. The van der Waals surface area contributed by atoms with Crippen LogP contribution in [0.3, 0.4) is 0 Å². The maximum absolute atomic E-state index is 2.39. The van der Waals surface area contributed by atoms with Crippen molar-refractivity contribution < 1.29 is 0 Å². The van der Waals surface area contributed by atoms with E-state index in [1.807, 2.05) is 0 Å². The Balaban J connectivity index is 1.14. The van der Waals surface area contributed by atoms with E-state index in [2.05, 4.69) is 255 Å². The Kier molecular flexibility index (Phi) is 10.5. The Hall–Kier alpha value is -7.42. The summed E-state index contributed by atoms with van der Waals surface area (Å²) in [5.74, 6) is 0. The van der Waals surface area contributed by atoms with Crippen LogP contribution in [0.25, 0.3) is 49.9 Å². The highest BCUT2D eigenvalue weighted by Crippen LogP contribution is 2.42. The standard InChI is InChI=1S/C57H46N2/c1-4-5-8-15-45-38-46(43-26-34-51(35-27-43)58(47-16-9-6-10-17-47)49-30-22-41(2)23-31-49)39-57-54-21-14-13-20-53(54)55(40-56(45)57)44-28-36-52(37-29-44)59(48-18-11-7-12-19-48)50-32-24-42(3)25-33-50/h4-40H,1-3H3/b5-4-,15-8-. The number of aryl methyl sites for hydroxylation is 2. The van der Waals surface area contributed by atoms with Crippen molar-refractivity contribution in [2.45, 2.75) is 20.8 Å². The third kappa shape index (κ3) is 7.69. The number of nitrogens with zero attached hydrogens (tertiary/aromatic N) is 2. The Morgan fingerprint density at radius 2 is 0.780 bits per heavy atom. The van der Waals surface area contributed by atoms with Crippen LogP contribution in [-0.4, -0.2) is 0 Å². The predicted octanol–water partition coefficient (Wildman–Crippen LogP) is 16.5. The van der Waals surface area contributed by atoms with Crippen LogP contribution in [-0.2, 0) is 0 Å². The first-order valence-corrected chi connectivity index (χ1v) is 20.4. The van der Waals surface area contributed by atoms with Crippen LogP contribution < -0.4 is 9.80 Å². The fourth-order valence-corrected chi connectivity index (χ4v) is 8.08. The Bertz CT molecular complexity index is 2910. The molecular weight excluding hydrogens is 713 g/mol. The van der Waals surface area contributed by atoms with E-state index in [-0.39, 0.29) is 0 Å². The van der Waals surface area contributed by atoms with Gasteiger partial charge in [0.25, 0.3) is 0 Å². The van der Waals surface area contributed by atoms with E-state index >= 15 is 0 Å². The number of fused-ring (bicyclic) bond motifs is 3. The molecule has 0 atom stereocenters. The lowest BCUT2D eigenvalue weighted by Gasteiger charge is -2.26. The van der Waals surface area contributed by atoms with Gasteiger partial charge in [-0.1, -0.05) is 145 Å². The van der Waals surface area contributed by atoms with E-state index in [4.69, 9.17) is 0 Å². The molecule has 0 saturated heterocycles. The summed E-state index contributed by atoms with van der Waals surface area (Å²) >= 11 is 0. The van der Waals surface area contributed by atoms with Crippen molar-refractivity contribution >= 4 is 61.7 Å². The maximum atomic E-state index is 2.39. The number of para-hydroxylation sites is 2. The molecule has 9 rings (SSSR count). The van der Waals surface area contributed by atoms with Gasteiger partial charge in [0.1, 0.15) is 0 Å². The second-order valence-corrected chi connectivity index (χ2v) is 15.1. The van der Waals surface area contributed by atoms with Crippen molar-refractivity contribution in [1.82, 2.24) is 0 Å². The van der Waals surface area contributed by atoms with Gasteiger partial charge in [-0.2, -0.15) is 0 Å². The molecule has 0 unspecified atom stereocenters. The van der Waals surface area contributed by atoms with E-state index in [1.165, 1.54) is 60.5 Å². The normalized spacial score (nSPS) is 11.5. The molecule has 59 heavy (non-hydrogen) atoms. The zero-order valence-electron chi connectivity index (χ0n) is 33.8. The van der Waals surface area contributed by atoms with Crippen LogP contribution in [0.4, 0.5) is 34.1 Å². The van der Waals surface area contributed by atoms with Gasteiger partial charge < -0.3 is 9.80 Å². The summed E-state index contributed by atoms with van der Waals surface area (Å²) in [7, 11) is 0. The van der Waals surface area contributed by atoms with E-state index < -0.39 is 0 Å². The molecule has 0 amide bonds. The molecule has 0 aliphatic rings. The molecule has 0 saturated carbocycles. The van der Waals surface area contributed by atoms with Gasteiger partial charge in [0.2, 0.25) is 0 Å². The lowest BCUT2D eigenvalue weighted by molar-refractivity contribution is 1.27. The summed E-state index contributed by atoms with van der Waals surface area (Å²) in [5.41, 5.74) is 15.2. The molecule has 0 N–H and O–H groups in total. The van der Waals surface area contributed by atoms with Crippen LogP contribution in [0.1, 0.15) is 23.6 Å². The highest BCUT2D eigenvalue weighted by atomic mass is 15.1. The molecule has 0 heterocycles. The number of allylic oxidation sites excluding steroid dienone is 3. The van der Waals surface area contributed by atoms with Gasteiger partial charge in [-0.3, -0.25) is 0 Å². The zero-order valence-corrected chi connectivity index (χ0v) is 33.8. The summed E-state index contributed by atoms with van der Waals surface area (Å²) in [6.45, 7) is 6.32. The summed E-state index contributed by atoms with van der Waals surface area (Å²) in [6.07, 6.45) is 8.57. The van der Waals surface area contributed by atoms with Gasteiger partial charge in [0.05, 0.1) is 0 Å². The fraction of sp³-hybridized carbons (Fsp3) is 0.0526. The van der Waals surface area contributed by atoms with Crippen LogP contribution >= 0.6 is 0 Å². The summed E-state index contributed by atoms with van der Waals surface area (Å²) in [6, 6.07) is 72.7. The average Bonchev–Trinajstić information content (AvgIpc) is 3.29. The van der Waals surface area contributed by atoms with Gasteiger partial charge in [0.15, 0.2) is 0 Å². The minimum atomic E-state index is 1.12. The van der Waals surface area contributed by atoms with Gasteiger partial charge in [0, 0.05) is 34.1 Å². The molecule has 0 aliphatic heterocycles. The molecule has 0 radical (unpaired) electrons. The first-order chi connectivity index (χ1) is 29.0. The quantitative estimate of drug-likeness (QED) is 0.101. The average molecular weight is 759 g/mol.